The first-order valence-corrected chi connectivity index (χ1v) is 5.38. The molecular weight excluding hydrogens is 275 g/mol. The number of pyridine rings is 1. The zero-order valence-electron chi connectivity index (χ0n) is 9.28. The van der Waals surface area contributed by atoms with Gasteiger partial charge in [0.15, 0.2) is 0 Å². The number of alkyl halides is 4. The van der Waals surface area contributed by atoms with Crippen molar-refractivity contribution in [2.75, 3.05) is 13.0 Å². The van der Waals surface area contributed by atoms with Crippen molar-refractivity contribution in [3.8, 4) is 5.88 Å². The van der Waals surface area contributed by atoms with E-state index in [0.29, 0.717) is 6.07 Å². The molecule has 0 aliphatic carbocycles. The highest BCUT2D eigenvalue weighted by molar-refractivity contribution is 6.18. The summed E-state index contributed by atoms with van der Waals surface area (Å²) >= 11 is 5.31. The van der Waals surface area contributed by atoms with Crippen molar-refractivity contribution < 1.29 is 28.1 Å². The van der Waals surface area contributed by atoms with Gasteiger partial charge in [-0.2, -0.15) is 13.2 Å². The molecule has 1 rings (SSSR count). The summed E-state index contributed by atoms with van der Waals surface area (Å²) in [4.78, 5) is 3.44. The molecule has 1 heterocycles. The standard InChI is InChI=1S/C10H11ClF3NO3/c1-18-9-6(10(12,13)14)2-5(4-15-9)8(17)7(16)3-11/h2,4,7-8,16-17H,3H2,1H3. The lowest BCUT2D eigenvalue weighted by Crippen LogP contribution is -2.21. The third-order valence-corrected chi connectivity index (χ3v) is 2.55. The van der Waals surface area contributed by atoms with E-state index in [1.807, 2.05) is 0 Å². The smallest absolute Gasteiger partial charge is 0.421 e. The first kappa shape index (κ1) is 15.0. The summed E-state index contributed by atoms with van der Waals surface area (Å²) in [5.41, 5.74) is -1.31. The molecule has 8 heteroatoms. The lowest BCUT2D eigenvalue weighted by Gasteiger charge is -2.18. The number of ether oxygens (including phenoxy) is 1. The monoisotopic (exact) mass is 285 g/mol. The van der Waals surface area contributed by atoms with Crippen LogP contribution in [0.2, 0.25) is 0 Å². The first-order chi connectivity index (χ1) is 8.31. The number of hydrogen-bond acceptors (Lipinski definition) is 4. The average molecular weight is 286 g/mol. The average Bonchev–Trinajstić information content (AvgIpc) is 2.35. The number of methoxy groups -OCH3 is 1. The van der Waals surface area contributed by atoms with Gasteiger partial charge < -0.3 is 14.9 Å². The fraction of sp³-hybridized carbons (Fsp3) is 0.500. The van der Waals surface area contributed by atoms with E-state index in [1.165, 1.54) is 0 Å². The molecule has 2 unspecified atom stereocenters. The van der Waals surface area contributed by atoms with Crippen LogP contribution in [0, 0.1) is 0 Å². The summed E-state index contributed by atoms with van der Waals surface area (Å²) in [5, 5.41) is 18.8. The second-order valence-corrected chi connectivity index (χ2v) is 3.80. The maximum atomic E-state index is 12.7. The molecule has 0 fully saturated rings. The van der Waals surface area contributed by atoms with Crippen LogP contribution in [0.5, 0.6) is 5.88 Å². The molecule has 0 amide bonds. The number of hydrogen-bond donors (Lipinski definition) is 2. The number of halogens is 4. The Hall–Kier alpha value is -1.05. The molecule has 0 bridgehead atoms. The molecular formula is C10H11ClF3NO3. The fourth-order valence-electron chi connectivity index (χ4n) is 1.30. The Morgan fingerprint density at radius 2 is 2.06 bits per heavy atom. The molecule has 18 heavy (non-hydrogen) atoms. The van der Waals surface area contributed by atoms with E-state index in [1.54, 1.807) is 0 Å². The summed E-state index contributed by atoms with van der Waals surface area (Å²) in [5.74, 6) is -0.909. The molecule has 0 saturated carbocycles. The first-order valence-electron chi connectivity index (χ1n) is 4.84. The minimum absolute atomic E-state index is 0.184. The maximum Gasteiger partial charge on any atom is 0.421 e. The van der Waals surface area contributed by atoms with Crippen LogP contribution in [-0.4, -0.2) is 34.3 Å². The van der Waals surface area contributed by atoms with Crippen molar-refractivity contribution in [2.45, 2.75) is 18.4 Å². The zero-order valence-corrected chi connectivity index (χ0v) is 10.0. The Kier molecular flexibility index (Phi) is 4.78. The highest BCUT2D eigenvalue weighted by atomic mass is 35.5. The van der Waals surface area contributed by atoms with Crippen LogP contribution in [0.1, 0.15) is 17.2 Å². The van der Waals surface area contributed by atoms with Crippen LogP contribution in [-0.2, 0) is 6.18 Å². The molecule has 1 aromatic heterocycles. The predicted molar refractivity (Wildman–Crippen MR) is 57.5 cm³/mol. The zero-order chi connectivity index (χ0) is 13.9. The molecule has 2 N–H and O–H groups in total. The second-order valence-electron chi connectivity index (χ2n) is 3.49. The van der Waals surface area contributed by atoms with Gasteiger partial charge in [0.1, 0.15) is 11.7 Å². The van der Waals surface area contributed by atoms with Gasteiger partial charge in [-0.1, -0.05) is 0 Å². The van der Waals surface area contributed by atoms with E-state index in [-0.39, 0.29) is 11.4 Å². The van der Waals surface area contributed by atoms with Crippen LogP contribution in [0.4, 0.5) is 13.2 Å². The third-order valence-electron chi connectivity index (χ3n) is 2.24. The van der Waals surface area contributed by atoms with Crippen LogP contribution in [0.25, 0.3) is 0 Å². The molecule has 0 aliphatic rings. The van der Waals surface area contributed by atoms with E-state index < -0.39 is 29.8 Å². The van der Waals surface area contributed by atoms with Crippen molar-refractivity contribution >= 4 is 11.6 Å². The number of aliphatic hydroxyl groups is 2. The molecule has 2 atom stereocenters. The number of rotatable bonds is 4. The predicted octanol–water partition coefficient (Wildman–Crippen LogP) is 1.74. The normalized spacial score (nSPS) is 15.3. The molecule has 1 aromatic rings. The van der Waals surface area contributed by atoms with Crippen LogP contribution < -0.4 is 4.74 Å². The summed E-state index contributed by atoms with van der Waals surface area (Å²) in [6.45, 7) is 0. The highest BCUT2D eigenvalue weighted by Gasteiger charge is 2.36. The fourth-order valence-corrected chi connectivity index (χ4v) is 1.47. The van der Waals surface area contributed by atoms with E-state index in [9.17, 15) is 23.4 Å². The Morgan fingerprint density at radius 1 is 1.44 bits per heavy atom. The Morgan fingerprint density at radius 3 is 2.50 bits per heavy atom. The SMILES string of the molecule is COc1ncc(C(O)C(O)CCl)cc1C(F)(F)F. The topological polar surface area (TPSA) is 62.6 Å². The van der Waals surface area contributed by atoms with Gasteiger partial charge in [0.2, 0.25) is 5.88 Å². The Balaban J connectivity index is 3.18. The maximum absolute atomic E-state index is 12.7. The molecule has 0 spiro atoms. The van der Waals surface area contributed by atoms with Crippen molar-refractivity contribution in [1.82, 2.24) is 4.98 Å². The van der Waals surface area contributed by atoms with Crippen molar-refractivity contribution in [3.05, 3.63) is 23.4 Å². The van der Waals surface area contributed by atoms with Crippen molar-refractivity contribution in [1.29, 1.82) is 0 Å². The van der Waals surface area contributed by atoms with Crippen LogP contribution in [0.15, 0.2) is 12.3 Å². The molecule has 0 radical (unpaired) electrons. The number of aromatic nitrogens is 1. The van der Waals surface area contributed by atoms with Gasteiger partial charge in [-0.05, 0) is 6.07 Å². The quantitative estimate of drug-likeness (QED) is 0.827. The third kappa shape index (κ3) is 3.24. The lowest BCUT2D eigenvalue weighted by atomic mass is 10.1. The number of aliphatic hydroxyl groups excluding tert-OH is 2. The van der Waals surface area contributed by atoms with Crippen LogP contribution >= 0.6 is 11.6 Å². The minimum Gasteiger partial charge on any atom is -0.481 e. The molecule has 102 valence electrons. The Bertz CT molecular complexity index is 414. The minimum atomic E-state index is -4.67. The van der Waals surface area contributed by atoms with Crippen LogP contribution in [0.3, 0.4) is 0 Å². The van der Waals surface area contributed by atoms with Gasteiger partial charge in [0.25, 0.3) is 0 Å². The summed E-state index contributed by atoms with van der Waals surface area (Å²) in [7, 11) is 1.06. The Labute approximate surface area is 106 Å². The summed E-state index contributed by atoms with van der Waals surface area (Å²) < 4.78 is 42.5. The van der Waals surface area contributed by atoms with Gasteiger partial charge in [-0.3, -0.25) is 0 Å². The van der Waals surface area contributed by atoms with E-state index in [0.717, 1.165) is 13.3 Å². The van der Waals surface area contributed by atoms with Crippen molar-refractivity contribution in [3.63, 3.8) is 0 Å². The molecule has 4 nitrogen and oxygen atoms in total. The van der Waals surface area contributed by atoms with E-state index in [2.05, 4.69) is 9.72 Å². The van der Waals surface area contributed by atoms with Gasteiger partial charge in [-0.25, -0.2) is 4.98 Å². The van der Waals surface area contributed by atoms with Gasteiger partial charge in [0, 0.05) is 11.8 Å². The van der Waals surface area contributed by atoms with Gasteiger partial charge >= 0.3 is 6.18 Å². The summed E-state index contributed by atoms with van der Waals surface area (Å²) in [6, 6.07) is 0.673. The highest BCUT2D eigenvalue weighted by Crippen LogP contribution is 2.36. The molecule has 0 aromatic carbocycles. The van der Waals surface area contributed by atoms with Gasteiger partial charge in [0.05, 0.1) is 19.1 Å². The molecule has 0 aliphatic heterocycles. The van der Waals surface area contributed by atoms with Crippen molar-refractivity contribution in [2.24, 2.45) is 0 Å². The lowest BCUT2D eigenvalue weighted by molar-refractivity contribution is -0.139. The largest absolute Gasteiger partial charge is 0.481 e. The molecule has 0 saturated heterocycles. The van der Waals surface area contributed by atoms with E-state index >= 15 is 0 Å². The number of nitrogens with zero attached hydrogens (tertiary/aromatic N) is 1. The van der Waals surface area contributed by atoms with Gasteiger partial charge in [-0.15, -0.1) is 11.6 Å². The van der Waals surface area contributed by atoms with E-state index in [4.69, 9.17) is 11.6 Å². The second kappa shape index (κ2) is 5.73. The summed E-state index contributed by atoms with van der Waals surface area (Å²) in [6.07, 6.45) is -6.58.